The second kappa shape index (κ2) is 11.2. The number of carbonyl (C=O) groups is 1. The second-order valence-electron chi connectivity index (χ2n) is 7.54. The fourth-order valence-corrected chi connectivity index (χ4v) is 3.36. The molecule has 35 heavy (non-hydrogen) atoms. The molecule has 0 saturated carbocycles. The molecule has 172 valence electrons. The average Bonchev–Trinajstić information content (AvgIpc) is 2.89. The molecule has 0 spiro atoms. The maximum Gasteiger partial charge on any atom is 0.319 e. The number of pyridine rings is 2. The normalized spacial score (nSPS) is 10.1. The summed E-state index contributed by atoms with van der Waals surface area (Å²) in [5.74, 6) is 6.18. The topological polar surface area (TPSA) is 110 Å². The molecule has 0 atom stereocenters. The Kier molecular flexibility index (Phi) is 7.41. The van der Waals surface area contributed by atoms with Crippen LogP contribution in [0.3, 0.4) is 0 Å². The van der Waals surface area contributed by atoms with E-state index in [1.807, 2.05) is 36.4 Å². The van der Waals surface area contributed by atoms with E-state index in [9.17, 15) is 14.9 Å². The van der Waals surface area contributed by atoms with Crippen LogP contribution >= 0.6 is 0 Å². The number of aromatic nitrogens is 2. The number of urea groups is 1. The number of hydrogen-bond acceptors (Lipinski definition) is 5. The largest absolute Gasteiger partial charge is 0.338 e. The smallest absolute Gasteiger partial charge is 0.319 e. The van der Waals surface area contributed by atoms with Gasteiger partial charge in [-0.25, -0.2) is 4.79 Å². The van der Waals surface area contributed by atoms with Crippen molar-refractivity contribution < 1.29 is 9.72 Å². The van der Waals surface area contributed by atoms with E-state index in [-0.39, 0.29) is 11.7 Å². The van der Waals surface area contributed by atoms with Crippen molar-refractivity contribution in [3.05, 3.63) is 118 Å². The van der Waals surface area contributed by atoms with Crippen molar-refractivity contribution in [2.24, 2.45) is 0 Å². The van der Waals surface area contributed by atoms with Crippen molar-refractivity contribution in [1.82, 2.24) is 15.3 Å². The van der Waals surface area contributed by atoms with Crippen molar-refractivity contribution in [2.75, 3.05) is 11.9 Å². The van der Waals surface area contributed by atoms with Gasteiger partial charge in [0.2, 0.25) is 0 Å². The van der Waals surface area contributed by atoms with Crippen LogP contribution in [0.2, 0.25) is 0 Å². The fraction of sp³-hybridized carbons (Fsp3) is 0.0741. The molecule has 2 heterocycles. The molecule has 0 bridgehead atoms. The third-order valence-corrected chi connectivity index (χ3v) is 5.11. The molecule has 2 aromatic heterocycles. The van der Waals surface area contributed by atoms with Gasteiger partial charge in [0.05, 0.1) is 4.92 Å². The van der Waals surface area contributed by atoms with Crippen LogP contribution in [0.25, 0.3) is 11.1 Å². The van der Waals surface area contributed by atoms with E-state index >= 15 is 0 Å². The van der Waals surface area contributed by atoms with Gasteiger partial charge in [0.15, 0.2) is 0 Å². The van der Waals surface area contributed by atoms with Gasteiger partial charge >= 0.3 is 6.03 Å². The van der Waals surface area contributed by atoms with Crippen molar-refractivity contribution >= 4 is 17.4 Å². The standard InChI is InChI=1S/C27H21N5O3/c33-27(30-17-11-21-2-1-14-29-19-21)31-24-7-10-26(22-12-15-28-16-13-22)23(18-24)6-3-20-4-8-25(9-5-20)32(34)35/h1-2,4-5,7-10,12-16,18-19H,11,17H2,(H2,30,31,33). The highest BCUT2D eigenvalue weighted by molar-refractivity contribution is 5.90. The number of carbonyl (C=O) groups excluding carboxylic acids is 1. The molecule has 8 nitrogen and oxygen atoms in total. The molecule has 0 aliphatic carbocycles. The molecule has 8 heteroatoms. The highest BCUT2D eigenvalue weighted by atomic mass is 16.6. The molecule has 0 radical (unpaired) electrons. The third kappa shape index (κ3) is 6.49. The van der Waals surface area contributed by atoms with Gasteiger partial charge in [0, 0.05) is 60.3 Å². The minimum atomic E-state index is -0.449. The highest BCUT2D eigenvalue weighted by Crippen LogP contribution is 2.26. The highest BCUT2D eigenvalue weighted by Gasteiger charge is 2.08. The van der Waals surface area contributed by atoms with Crippen molar-refractivity contribution in [3.8, 4) is 23.0 Å². The van der Waals surface area contributed by atoms with Gasteiger partial charge in [-0.15, -0.1) is 0 Å². The third-order valence-electron chi connectivity index (χ3n) is 5.11. The molecule has 0 unspecified atom stereocenters. The zero-order valence-corrected chi connectivity index (χ0v) is 18.6. The summed E-state index contributed by atoms with van der Waals surface area (Å²) in [5, 5.41) is 16.6. The summed E-state index contributed by atoms with van der Waals surface area (Å²) in [4.78, 5) is 31.0. The molecule has 2 amide bonds. The first-order valence-corrected chi connectivity index (χ1v) is 10.8. The minimum Gasteiger partial charge on any atom is -0.338 e. The number of anilines is 1. The number of amides is 2. The molecule has 0 aliphatic heterocycles. The van der Waals surface area contributed by atoms with Crippen LogP contribution in [0, 0.1) is 22.0 Å². The Morgan fingerprint density at radius 2 is 1.74 bits per heavy atom. The number of nitrogens with zero attached hydrogens (tertiary/aromatic N) is 3. The maximum atomic E-state index is 12.4. The molecule has 0 fully saturated rings. The quantitative estimate of drug-likeness (QED) is 0.242. The molecular weight excluding hydrogens is 442 g/mol. The summed E-state index contributed by atoms with van der Waals surface area (Å²) < 4.78 is 0. The molecule has 4 rings (SSSR count). The Bertz CT molecular complexity index is 1380. The van der Waals surface area contributed by atoms with Gasteiger partial charge in [0.25, 0.3) is 5.69 Å². The van der Waals surface area contributed by atoms with Crippen LogP contribution in [0.4, 0.5) is 16.2 Å². The maximum absolute atomic E-state index is 12.4. The number of rotatable bonds is 6. The Morgan fingerprint density at radius 3 is 2.46 bits per heavy atom. The number of nitro benzene ring substituents is 1. The lowest BCUT2D eigenvalue weighted by atomic mass is 10.00. The predicted molar refractivity (Wildman–Crippen MR) is 134 cm³/mol. The Morgan fingerprint density at radius 1 is 0.943 bits per heavy atom. The van der Waals surface area contributed by atoms with E-state index in [0.29, 0.717) is 29.8 Å². The molecular formula is C27H21N5O3. The average molecular weight is 463 g/mol. The van der Waals surface area contributed by atoms with E-state index in [2.05, 4.69) is 32.4 Å². The SMILES string of the molecule is O=C(NCCc1cccnc1)Nc1ccc(-c2ccncc2)c(C#Cc2ccc([N+](=O)[O-])cc2)c1. The molecule has 2 N–H and O–H groups in total. The summed E-state index contributed by atoms with van der Waals surface area (Å²) in [6, 6.07) is 18.8. The van der Waals surface area contributed by atoms with E-state index in [4.69, 9.17) is 0 Å². The van der Waals surface area contributed by atoms with Crippen LogP contribution in [0.5, 0.6) is 0 Å². The van der Waals surface area contributed by atoms with E-state index in [1.165, 1.54) is 12.1 Å². The Balaban J connectivity index is 1.52. The van der Waals surface area contributed by atoms with Gasteiger partial charge < -0.3 is 10.6 Å². The molecule has 0 saturated heterocycles. The van der Waals surface area contributed by atoms with E-state index < -0.39 is 4.92 Å². The van der Waals surface area contributed by atoms with E-state index in [0.717, 1.165) is 16.7 Å². The van der Waals surface area contributed by atoms with Gasteiger partial charge in [0.1, 0.15) is 0 Å². The predicted octanol–water partition coefficient (Wildman–Crippen LogP) is 4.82. The first kappa shape index (κ1) is 23.1. The lowest BCUT2D eigenvalue weighted by Gasteiger charge is -2.11. The van der Waals surface area contributed by atoms with Crippen molar-refractivity contribution in [1.29, 1.82) is 0 Å². The summed E-state index contributed by atoms with van der Waals surface area (Å²) in [6.07, 6.45) is 7.55. The van der Waals surface area contributed by atoms with Gasteiger partial charge in [-0.3, -0.25) is 20.1 Å². The number of nitro groups is 1. The lowest BCUT2D eigenvalue weighted by molar-refractivity contribution is -0.384. The number of hydrogen-bond donors (Lipinski definition) is 2. The monoisotopic (exact) mass is 463 g/mol. The summed E-state index contributed by atoms with van der Waals surface area (Å²) in [6.45, 7) is 0.472. The summed E-state index contributed by atoms with van der Waals surface area (Å²) in [7, 11) is 0. The van der Waals surface area contributed by atoms with Gasteiger partial charge in [-0.2, -0.15) is 0 Å². The summed E-state index contributed by atoms with van der Waals surface area (Å²) >= 11 is 0. The van der Waals surface area contributed by atoms with Crippen LogP contribution < -0.4 is 10.6 Å². The molecule has 4 aromatic rings. The molecule has 0 aliphatic rings. The van der Waals surface area contributed by atoms with Gasteiger partial charge in [-0.1, -0.05) is 24.0 Å². The van der Waals surface area contributed by atoms with Crippen molar-refractivity contribution in [3.63, 3.8) is 0 Å². The first-order valence-electron chi connectivity index (χ1n) is 10.8. The number of nitrogens with one attached hydrogen (secondary N) is 2. The van der Waals surface area contributed by atoms with Crippen LogP contribution in [-0.4, -0.2) is 27.5 Å². The van der Waals surface area contributed by atoms with Crippen LogP contribution in [0.1, 0.15) is 16.7 Å². The zero-order valence-electron chi connectivity index (χ0n) is 18.6. The Labute approximate surface area is 202 Å². The van der Waals surface area contributed by atoms with Crippen LogP contribution in [0.15, 0.2) is 91.5 Å². The Hall–Kier alpha value is -5.03. The zero-order chi connectivity index (χ0) is 24.5. The summed E-state index contributed by atoms with van der Waals surface area (Å²) in [5.41, 5.74) is 4.79. The lowest BCUT2D eigenvalue weighted by Crippen LogP contribution is -2.30. The first-order chi connectivity index (χ1) is 17.1. The second-order valence-corrected chi connectivity index (χ2v) is 7.54. The van der Waals surface area contributed by atoms with Gasteiger partial charge in [-0.05, 0) is 65.6 Å². The number of benzene rings is 2. The van der Waals surface area contributed by atoms with Crippen molar-refractivity contribution in [2.45, 2.75) is 6.42 Å². The number of non-ortho nitro benzene ring substituents is 1. The molecule has 2 aromatic carbocycles. The fourth-order valence-electron chi connectivity index (χ4n) is 3.36. The minimum absolute atomic E-state index is 0.00811. The van der Waals surface area contributed by atoms with E-state index in [1.54, 1.807) is 43.0 Å². The van der Waals surface area contributed by atoms with Crippen LogP contribution in [-0.2, 0) is 6.42 Å².